The van der Waals surface area contributed by atoms with Crippen LogP contribution >= 0.6 is 22.9 Å². The van der Waals surface area contributed by atoms with Crippen molar-refractivity contribution in [2.75, 3.05) is 6.54 Å². The van der Waals surface area contributed by atoms with Crippen molar-refractivity contribution in [3.05, 3.63) is 50.7 Å². The van der Waals surface area contributed by atoms with E-state index < -0.39 is 0 Å². The van der Waals surface area contributed by atoms with E-state index in [1.165, 1.54) is 6.07 Å². The second-order valence-electron chi connectivity index (χ2n) is 4.92. The van der Waals surface area contributed by atoms with E-state index >= 15 is 0 Å². The standard InChI is InChI=1S/C15H18ClFN2S/c1-4-18-14(11-6-5-10(16)7-12(11)17)15-19-13(8-20-15)9(2)3/h5-9,14,18H,4H2,1-3H3. The minimum Gasteiger partial charge on any atom is -0.304 e. The summed E-state index contributed by atoms with van der Waals surface area (Å²) in [5.74, 6) is 0.0714. The van der Waals surface area contributed by atoms with Crippen LogP contribution < -0.4 is 5.32 Å². The van der Waals surface area contributed by atoms with Crippen LogP contribution in [-0.4, -0.2) is 11.5 Å². The molecule has 20 heavy (non-hydrogen) atoms. The Kier molecular flexibility index (Phi) is 5.13. The number of aromatic nitrogens is 1. The smallest absolute Gasteiger partial charge is 0.129 e. The van der Waals surface area contributed by atoms with Crippen LogP contribution in [0.15, 0.2) is 23.6 Å². The Hall–Kier alpha value is -0.970. The highest BCUT2D eigenvalue weighted by Crippen LogP contribution is 2.30. The highest BCUT2D eigenvalue weighted by atomic mass is 35.5. The predicted molar refractivity (Wildman–Crippen MR) is 83.1 cm³/mol. The van der Waals surface area contributed by atoms with Crippen LogP contribution in [0.25, 0.3) is 0 Å². The highest BCUT2D eigenvalue weighted by molar-refractivity contribution is 7.09. The monoisotopic (exact) mass is 312 g/mol. The number of halogens is 2. The summed E-state index contributed by atoms with van der Waals surface area (Å²) in [7, 11) is 0. The molecule has 0 fully saturated rings. The van der Waals surface area contributed by atoms with Crippen LogP contribution in [0.3, 0.4) is 0 Å². The molecule has 0 saturated heterocycles. The van der Waals surface area contributed by atoms with Gasteiger partial charge in [-0.05, 0) is 24.6 Å². The average Bonchev–Trinajstić information content (AvgIpc) is 2.86. The minimum absolute atomic E-state index is 0.227. The molecule has 1 aromatic heterocycles. The molecule has 0 bridgehead atoms. The van der Waals surface area contributed by atoms with Gasteiger partial charge in [0.25, 0.3) is 0 Å². The third-order valence-corrected chi connectivity index (χ3v) is 4.22. The zero-order valence-electron chi connectivity index (χ0n) is 11.8. The summed E-state index contributed by atoms with van der Waals surface area (Å²) >= 11 is 7.38. The number of hydrogen-bond donors (Lipinski definition) is 1. The molecule has 1 unspecified atom stereocenters. The van der Waals surface area contributed by atoms with Crippen molar-refractivity contribution < 1.29 is 4.39 Å². The zero-order valence-corrected chi connectivity index (χ0v) is 13.4. The van der Waals surface area contributed by atoms with Crippen molar-refractivity contribution >= 4 is 22.9 Å². The predicted octanol–water partition coefficient (Wildman–Crippen LogP) is 4.76. The number of thiazole rings is 1. The van der Waals surface area contributed by atoms with Crippen LogP contribution in [-0.2, 0) is 0 Å². The number of nitrogens with one attached hydrogen (secondary N) is 1. The SMILES string of the molecule is CCNC(c1nc(C(C)C)cs1)c1ccc(Cl)cc1F. The maximum absolute atomic E-state index is 14.1. The summed E-state index contributed by atoms with van der Waals surface area (Å²) in [6, 6.07) is 4.55. The van der Waals surface area contributed by atoms with Crippen molar-refractivity contribution in [2.45, 2.75) is 32.7 Å². The third kappa shape index (κ3) is 3.37. The van der Waals surface area contributed by atoms with Gasteiger partial charge >= 0.3 is 0 Å². The van der Waals surface area contributed by atoms with Gasteiger partial charge in [-0.2, -0.15) is 0 Å². The van der Waals surface area contributed by atoms with Gasteiger partial charge < -0.3 is 5.32 Å². The molecule has 0 aliphatic rings. The maximum atomic E-state index is 14.1. The Morgan fingerprint density at radius 3 is 2.70 bits per heavy atom. The molecule has 0 aliphatic heterocycles. The van der Waals surface area contributed by atoms with E-state index in [0.29, 0.717) is 16.5 Å². The van der Waals surface area contributed by atoms with Gasteiger partial charge in [0.05, 0.1) is 11.7 Å². The number of nitrogens with zero attached hydrogens (tertiary/aromatic N) is 1. The summed E-state index contributed by atoms with van der Waals surface area (Å²) in [4.78, 5) is 4.62. The van der Waals surface area contributed by atoms with Crippen molar-refractivity contribution in [3.63, 3.8) is 0 Å². The molecular formula is C15H18ClFN2S. The highest BCUT2D eigenvalue weighted by Gasteiger charge is 2.21. The van der Waals surface area contributed by atoms with Crippen LogP contribution in [0.5, 0.6) is 0 Å². The summed E-state index contributed by atoms with van der Waals surface area (Å²) < 4.78 is 14.1. The molecule has 108 valence electrons. The Labute approximate surface area is 128 Å². The lowest BCUT2D eigenvalue weighted by atomic mass is 10.1. The van der Waals surface area contributed by atoms with Crippen molar-refractivity contribution in [1.82, 2.24) is 10.3 Å². The Bertz CT molecular complexity index is 583. The van der Waals surface area contributed by atoms with Crippen molar-refractivity contribution in [1.29, 1.82) is 0 Å². The van der Waals surface area contributed by atoms with E-state index in [2.05, 4.69) is 24.1 Å². The van der Waals surface area contributed by atoms with Gasteiger partial charge in [0, 0.05) is 16.0 Å². The summed E-state index contributed by atoms with van der Waals surface area (Å²) in [6.45, 7) is 6.94. The largest absolute Gasteiger partial charge is 0.304 e. The molecule has 0 radical (unpaired) electrons. The van der Waals surface area contributed by atoms with Gasteiger partial charge in [-0.3, -0.25) is 0 Å². The van der Waals surface area contributed by atoms with Crippen LogP contribution in [0.4, 0.5) is 4.39 Å². The molecule has 5 heteroatoms. The van der Waals surface area contributed by atoms with Crippen LogP contribution in [0.2, 0.25) is 5.02 Å². The minimum atomic E-state index is -0.301. The summed E-state index contributed by atoms with van der Waals surface area (Å²) in [5, 5.41) is 6.62. The first-order chi connectivity index (χ1) is 9.52. The summed E-state index contributed by atoms with van der Waals surface area (Å²) in [6.07, 6.45) is 0. The van der Waals surface area contributed by atoms with E-state index in [-0.39, 0.29) is 11.9 Å². The van der Waals surface area contributed by atoms with Crippen molar-refractivity contribution in [3.8, 4) is 0 Å². The van der Waals surface area contributed by atoms with E-state index in [0.717, 1.165) is 17.2 Å². The topological polar surface area (TPSA) is 24.9 Å². The Morgan fingerprint density at radius 1 is 1.40 bits per heavy atom. The first-order valence-corrected chi connectivity index (χ1v) is 7.92. The first-order valence-electron chi connectivity index (χ1n) is 6.66. The van der Waals surface area contributed by atoms with Crippen LogP contribution in [0, 0.1) is 5.82 Å². The molecule has 2 aromatic rings. The number of hydrogen-bond acceptors (Lipinski definition) is 3. The van der Waals surface area contributed by atoms with E-state index in [1.54, 1.807) is 23.5 Å². The molecule has 1 aromatic carbocycles. The zero-order chi connectivity index (χ0) is 14.7. The van der Waals surface area contributed by atoms with Gasteiger partial charge in [0.2, 0.25) is 0 Å². The van der Waals surface area contributed by atoms with E-state index in [4.69, 9.17) is 11.6 Å². The van der Waals surface area contributed by atoms with E-state index in [9.17, 15) is 4.39 Å². The fourth-order valence-corrected chi connectivity index (χ4v) is 3.20. The lowest BCUT2D eigenvalue weighted by Crippen LogP contribution is -2.23. The fraction of sp³-hybridized carbons (Fsp3) is 0.400. The maximum Gasteiger partial charge on any atom is 0.129 e. The molecule has 2 rings (SSSR count). The molecule has 0 amide bonds. The Balaban J connectivity index is 2.39. The molecule has 0 saturated carbocycles. The van der Waals surface area contributed by atoms with E-state index in [1.807, 2.05) is 12.3 Å². The second kappa shape index (κ2) is 6.66. The van der Waals surface area contributed by atoms with Gasteiger partial charge in [0.15, 0.2) is 0 Å². The fourth-order valence-electron chi connectivity index (χ4n) is 1.97. The molecule has 1 heterocycles. The average molecular weight is 313 g/mol. The van der Waals surface area contributed by atoms with Gasteiger partial charge in [-0.25, -0.2) is 9.37 Å². The molecule has 1 atom stereocenters. The molecule has 0 spiro atoms. The normalized spacial score (nSPS) is 12.9. The quantitative estimate of drug-likeness (QED) is 0.861. The number of benzene rings is 1. The first kappa shape index (κ1) is 15.4. The van der Waals surface area contributed by atoms with Crippen molar-refractivity contribution in [2.24, 2.45) is 0 Å². The van der Waals surface area contributed by atoms with Crippen LogP contribution in [0.1, 0.15) is 49.0 Å². The molecule has 2 nitrogen and oxygen atoms in total. The molecular weight excluding hydrogens is 295 g/mol. The molecule has 1 N–H and O–H groups in total. The number of rotatable bonds is 5. The molecule has 0 aliphatic carbocycles. The lowest BCUT2D eigenvalue weighted by molar-refractivity contribution is 0.556. The van der Waals surface area contributed by atoms with Gasteiger partial charge in [-0.15, -0.1) is 11.3 Å². The van der Waals surface area contributed by atoms with Gasteiger partial charge in [-0.1, -0.05) is 38.4 Å². The van der Waals surface area contributed by atoms with Gasteiger partial charge in [0.1, 0.15) is 10.8 Å². The second-order valence-corrected chi connectivity index (χ2v) is 6.25. The Morgan fingerprint density at radius 2 is 2.15 bits per heavy atom. The summed E-state index contributed by atoms with van der Waals surface area (Å²) in [5.41, 5.74) is 1.63. The lowest BCUT2D eigenvalue weighted by Gasteiger charge is -2.17. The third-order valence-electron chi connectivity index (χ3n) is 3.06.